The van der Waals surface area contributed by atoms with Crippen LogP contribution in [0, 0.1) is 0 Å². The molecular formula is C15H18O3. The third-order valence-corrected chi connectivity index (χ3v) is 2.87. The molecule has 18 heavy (non-hydrogen) atoms. The van der Waals surface area contributed by atoms with Crippen molar-refractivity contribution in [3.05, 3.63) is 48.0 Å². The van der Waals surface area contributed by atoms with Crippen LogP contribution in [0.2, 0.25) is 0 Å². The minimum Gasteiger partial charge on any atom is -0.386 e. The van der Waals surface area contributed by atoms with E-state index in [0.717, 1.165) is 10.9 Å². The first-order chi connectivity index (χ1) is 8.81. The molecule has 2 rings (SSSR count). The number of hydrogen-bond donors (Lipinski definition) is 1. The average molecular weight is 246 g/mol. The Morgan fingerprint density at radius 2 is 1.83 bits per heavy atom. The molecule has 0 radical (unpaired) electrons. The normalized spacial score (nSPS) is 12.8. The molecule has 1 unspecified atom stereocenters. The standard InChI is InChI=1S/C15H18O3/c1-17-8-9-18-11-15(16)14-7-6-12-4-2-3-5-13(12)10-14/h2-7,10,15-16H,8-9,11H2,1H3. The van der Waals surface area contributed by atoms with Gasteiger partial charge < -0.3 is 14.6 Å². The van der Waals surface area contributed by atoms with Crippen LogP contribution >= 0.6 is 0 Å². The van der Waals surface area contributed by atoms with Crippen molar-refractivity contribution in [2.24, 2.45) is 0 Å². The van der Waals surface area contributed by atoms with E-state index in [4.69, 9.17) is 9.47 Å². The van der Waals surface area contributed by atoms with Gasteiger partial charge in [-0.25, -0.2) is 0 Å². The molecule has 0 saturated heterocycles. The van der Waals surface area contributed by atoms with Crippen LogP contribution in [-0.4, -0.2) is 32.0 Å². The lowest BCUT2D eigenvalue weighted by molar-refractivity contribution is 0.0126. The minimum atomic E-state index is -0.591. The van der Waals surface area contributed by atoms with E-state index in [9.17, 15) is 5.11 Å². The molecule has 0 aliphatic carbocycles. The van der Waals surface area contributed by atoms with E-state index in [0.29, 0.717) is 19.8 Å². The Hall–Kier alpha value is -1.42. The Balaban J connectivity index is 2.01. The van der Waals surface area contributed by atoms with E-state index in [2.05, 4.69) is 6.07 Å². The molecule has 0 bridgehead atoms. The predicted molar refractivity (Wildman–Crippen MR) is 71.6 cm³/mol. The Labute approximate surface area is 107 Å². The van der Waals surface area contributed by atoms with Gasteiger partial charge in [0.1, 0.15) is 6.10 Å². The maximum absolute atomic E-state index is 10.0. The lowest BCUT2D eigenvalue weighted by atomic mass is 10.0. The van der Waals surface area contributed by atoms with Crippen LogP contribution in [0.3, 0.4) is 0 Å². The van der Waals surface area contributed by atoms with Crippen LogP contribution in [0.4, 0.5) is 0 Å². The van der Waals surface area contributed by atoms with E-state index in [1.54, 1.807) is 7.11 Å². The molecule has 2 aromatic rings. The smallest absolute Gasteiger partial charge is 0.102 e. The number of hydrogen-bond acceptors (Lipinski definition) is 3. The minimum absolute atomic E-state index is 0.293. The Morgan fingerprint density at radius 3 is 2.61 bits per heavy atom. The second kappa shape index (κ2) is 6.50. The number of benzene rings is 2. The van der Waals surface area contributed by atoms with Crippen LogP contribution in [0.5, 0.6) is 0 Å². The largest absolute Gasteiger partial charge is 0.386 e. The lowest BCUT2D eigenvalue weighted by Gasteiger charge is -2.12. The molecule has 0 heterocycles. The predicted octanol–water partition coefficient (Wildman–Crippen LogP) is 2.54. The van der Waals surface area contributed by atoms with Gasteiger partial charge in [0.25, 0.3) is 0 Å². The molecule has 0 fully saturated rings. The summed E-state index contributed by atoms with van der Waals surface area (Å²) in [5.41, 5.74) is 0.881. The molecule has 2 aromatic carbocycles. The number of methoxy groups -OCH3 is 1. The van der Waals surface area contributed by atoms with Crippen molar-refractivity contribution in [1.29, 1.82) is 0 Å². The van der Waals surface area contributed by atoms with Gasteiger partial charge in [0.2, 0.25) is 0 Å². The van der Waals surface area contributed by atoms with E-state index < -0.39 is 6.10 Å². The van der Waals surface area contributed by atoms with Crippen molar-refractivity contribution in [3.8, 4) is 0 Å². The molecule has 0 aromatic heterocycles. The molecule has 3 nitrogen and oxygen atoms in total. The lowest BCUT2D eigenvalue weighted by Crippen LogP contribution is -2.10. The quantitative estimate of drug-likeness (QED) is 0.796. The molecule has 0 amide bonds. The summed E-state index contributed by atoms with van der Waals surface area (Å²) in [5, 5.41) is 12.3. The Bertz CT molecular complexity index is 496. The summed E-state index contributed by atoms with van der Waals surface area (Å²) in [6.07, 6.45) is -0.591. The van der Waals surface area contributed by atoms with Crippen LogP contribution in [-0.2, 0) is 9.47 Å². The molecule has 0 aliphatic heterocycles. The van der Waals surface area contributed by atoms with Gasteiger partial charge in [-0.3, -0.25) is 0 Å². The molecule has 1 atom stereocenters. The van der Waals surface area contributed by atoms with Crippen LogP contribution in [0.25, 0.3) is 10.8 Å². The molecule has 0 aliphatic rings. The van der Waals surface area contributed by atoms with Crippen LogP contribution < -0.4 is 0 Å². The maximum atomic E-state index is 10.0. The summed E-state index contributed by atoms with van der Waals surface area (Å²) in [6, 6.07) is 14.0. The first-order valence-corrected chi connectivity index (χ1v) is 6.04. The van der Waals surface area contributed by atoms with E-state index in [1.165, 1.54) is 5.39 Å². The van der Waals surface area contributed by atoms with Gasteiger partial charge in [-0.1, -0.05) is 36.4 Å². The molecule has 0 spiro atoms. The maximum Gasteiger partial charge on any atom is 0.102 e. The number of rotatable bonds is 6. The van der Waals surface area contributed by atoms with Gasteiger partial charge >= 0.3 is 0 Å². The van der Waals surface area contributed by atoms with Crippen molar-refractivity contribution in [3.63, 3.8) is 0 Å². The highest BCUT2D eigenvalue weighted by molar-refractivity contribution is 5.83. The fourth-order valence-electron chi connectivity index (χ4n) is 1.85. The monoisotopic (exact) mass is 246 g/mol. The van der Waals surface area contributed by atoms with E-state index >= 15 is 0 Å². The summed E-state index contributed by atoms with van der Waals surface area (Å²) < 4.78 is 10.2. The van der Waals surface area contributed by atoms with Gasteiger partial charge in [-0.2, -0.15) is 0 Å². The van der Waals surface area contributed by atoms with Crippen LogP contribution in [0.15, 0.2) is 42.5 Å². The zero-order valence-corrected chi connectivity index (χ0v) is 10.5. The number of ether oxygens (including phenoxy) is 2. The molecule has 3 heteroatoms. The SMILES string of the molecule is COCCOCC(O)c1ccc2ccccc2c1. The summed E-state index contributed by atoms with van der Waals surface area (Å²) in [6.45, 7) is 1.34. The van der Waals surface area contributed by atoms with E-state index in [1.807, 2.05) is 36.4 Å². The van der Waals surface area contributed by atoms with Crippen molar-refractivity contribution in [2.45, 2.75) is 6.10 Å². The second-order valence-electron chi connectivity index (χ2n) is 4.19. The molecule has 96 valence electrons. The Morgan fingerprint density at radius 1 is 1.06 bits per heavy atom. The Kier molecular flexibility index (Phi) is 4.70. The first kappa shape index (κ1) is 13.0. The third kappa shape index (κ3) is 3.29. The number of aliphatic hydroxyl groups is 1. The van der Waals surface area contributed by atoms with Crippen molar-refractivity contribution in [1.82, 2.24) is 0 Å². The molecule has 1 N–H and O–H groups in total. The van der Waals surface area contributed by atoms with Crippen LogP contribution in [0.1, 0.15) is 11.7 Å². The average Bonchev–Trinajstić information content (AvgIpc) is 2.43. The summed E-state index contributed by atoms with van der Waals surface area (Å²) in [5.74, 6) is 0. The highest BCUT2D eigenvalue weighted by atomic mass is 16.5. The highest BCUT2D eigenvalue weighted by Crippen LogP contribution is 2.20. The van der Waals surface area contributed by atoms with Gasteiger partial charge in [-0.15, -0.1) is 0 Å². The van der Waals surface area contributed by atoms with Crippen molar-refractivity contribution < 1.29 is 14.6 Å². The van der Waals surface area contributed by atoms with Gasteiger partial charge in [-0.05, 0) is 22.4 Å². The molecule has 0 saturated carbocycles. The van der Waals surface area contributed by atoms with E-state index in [-0.39, 0.29) is 0 Å². The van der Waals surface area contributed by atoms with Crippen molar-refractivity contribution >= 4 is 10.8 Å². The first-order valence-electron chi connectivity index (χ1n) is 6.04. The summed E-state index contributed by atoms with van der Waals surface area (Å²) in [4.78, 5) is 0. The van der Waals surface area contributed by atoms with Gasteiger partial charge in [0.05, 0.1) is 19.8 Å². The molecular weight excluding hydrogens is 228 g/mol. The zero-order chi connectivity index (χ0) is 12.8. The zero-order valence-electron chi connectivity index (χ0n) is 10.5. The van der Waals surface area contributed by atoms with Crippen molar-refractivity contribution in [2.75, 3.05) is 26.9 Å². The second-order valence-corrected chi connectivity index (χ2v) is 4.19. The highest BCUT2D eigenvalue weighted by Gasteiger charge is 2.08. The van der Waals surface area contributed by atoms with Gasteiger partial charge in [0.15, 0.2) is 0 Å². The summed E-state index contributed by atoms with van der Waals surface area (Å²) in [7, 11) is 1.63. The topological polar surface area (TPSA) is 38.7 Å². The fourth-order valence-corrected chi connectivity index (χ4v) is 1.85. The number of aliphatic hydroxyl groups excluding tert-OH is 1. The summed E-state index contributed by atoms with van der Waals surface area (Å²) >= 11 is 0. The van der Waals surface area contributed by atoms with Gasteiger partial charge in [0, 0.05) is 7.11 Å². The fraction of sp³-hybridized carbons (Fsp3) is 0.333. The number of fused-ring (bicyclic) bond motifs is 1. The third-order valence-electron chi connectivity index (χ3n) is 2.87.